The van der Waals surface area contributed by atoms with Crippen molar-refractivity contribution >= 4 is 39.0 Å². The van der Waals surface area contributed by atoms with Crippen molar-refractivity contribution in [3.05, 3.63) is 125 Å². The van der Waals surface area contributed by atoms with Crippen molar-refractivity contribution in [2.45, 2.75) is 6.61 Å². The predicted molar refractivity (Wildman–Crippen MR) is 142 cm³/mol. The molecule has 0 atom stereocenters. The number of allylic oxidation sites excluding steroid dienone is 1. The molecule has 0 aliphatic carbocycles. The third-order valence-electron chi connectivity index (χ3n) is 5.54. The molecule has 4 nitrogen and oxygen atoms in total. The van der Waals surface area contributed by atoms with E-state index in [0.29, 0.717) is 34.3 Å². The minimum Gasteiger partial charge on any atom is -0.493 e. The summed E-state index contributed by atoms with van der Waals surface area (Å²) in [6.07, 6.45) is 1.88. The van der Waals surface area contributed by atoms with E-state index in [1.165, 1.54) is 11.3 Å². The Bertz CT molecular complexity index is 1460. The summed E-state index contributed by atoms with van der Waals surface area (Å²) in [5, 5.41) is 0.683. The molecule has 0 aliphatic rings. The summed E-state index contributed by atoms with van der Waals surface area (Å²) in [5.74, 6) is 1.17. The molecule has 0 amide bonds. The summed E-state index contributed by atoms with van der Waals surface area (Å²) < 4.78 is 12.6. The number of ether oxygens (including phenoxy) is 2. The van der Waals surface area contributed by atoms with Crippen LogP contribution in [0.25, 0.3) is 21.9 Å². The number of carbonyl (C=O) groups is 1. The molecule has 1 aromatic heterocycles. The van der Waals surface area contributed by atoms with Crippen LogP contribution in [0.4, 0.5) is 0 Å². The molecule has 5 rings (SSSR count). The Hall–Kier alpha value is -4.22. The zero-order valence-corrected chi connectivity index (χ0v) is 20.0. The van der Waals surface area contributed by atoms with Gasteiger partial charge < -0.3 is 9.47 Å². The number of para-hydroxylation sites is 1. The number of Topliss-reactive ketones (excluding diaryl/α,β-unsaturated/α-hetero) is 1. The lowest BCUT2D eigenvalue weighted by Gasteiger charge is -2.12. The lowest BCUT2D eigenvalue weighted by atomic mass is 10.0. The average molecular weight is 478 g/mol. The molecule has 35 heavy (non-hydrogen) atoms. The molecule has 0 fully saturated rings. The first-order valence-corrected chi connectivity index (χ1v) is 12.0. The van der Waals surface area contributed by atoms with Gasteiger partial charge in [-0.3, -0.25) is 4.79 Å². The Labute approximate surface area is 208 Å². The Balaban J connectivity index is 1.55. The van der Waals surface area contributed by atoms with Crippen LogP contribution in [0.5, 0.6) is 11.5 Å². The molecule has 5 heteroatoms. The number of ketones is 1. The summed E-state index contributed by atoms with van der Waals surface area (Å²) in [6, 6.07) is 32.8. The standard InChI is InChI=1S/C30H23NO3S/c1-33-26-17-16-22(19-27(26)34-20-21-10-4-2-5-11-21)18-24(29(32)23-12-6-3-7-13-23)30-31-25-14-8-9-15-28(25)35-30/h2-19H,20H2,1H3. The number of thiazole rings is 1. The fourth-order valence-corrected chi connectivity index (χ4v) is 4.73. The van der Waals surface area contributed by atoms with Crippen molar-refractivity contribution in [3.63, 3.8) is 0 Å². The molecule has 5 aromatic rings. The van der Waals surface area contributed by atoms with Gasteiger partial charge in [-0.1, -0.05) is 78.9 Å². The molecule has 4 aromatic carbocycles. The minimum absolute atomic E-state index is 0.0766. The zero-order valence-electron chi connectivity index (χ0n) is 19.2. The molecule has 172 valence electrons. The molecule has 0 saturated carbocycles. The summed E-state index contributed by atoms with van der Waals surface area (Å²) >= 11 is 1.51. The van der Waals surface area contributed by atoms with E-state index in [0.717, 1.165) is 21.3 Å². The highest BCUT2D eigenvalue weighted by Crippen LogP contribution is 2.33. The monoisotopic (exact) mass is 477 g/mol. The molecule has 0 unspecified atom stereocenters. The second-order valence-corrected chi connectivity index (χ2v) is 8.96. The average Bonchev–Trinajstić information content (AvgIpc) is 3.35. The van der Waals surface area contributed by atoms with Gasteiger partial charge in [0.05, 0.1) is 22.9 Å². The first-order chi connectivity index (χ1) is 17.2. The van der Waals surface area contributed by atoms with Crippen LogP contribution in [-0.2, 0) is 6.61 Å². The number of hydrogen-bond donors (Lipinski definition) is 0. The molecule has 0 spiro atoms. The number of nitrogens with zero attached hydrogens (tertiary/aromatic N) is 1. The quantitative estimate of drug-likeness (QED) is 0.174. The molecule has 0 N–H and O–H groups in total. The van der Waals surface area contributed by atoms with Gasteiger partial charge >= 0.3 is 0 Å². The predicted octanol–water partition coefficient (Wildman–Crippen LogP) is 7.31. The summed E-state index contributed by atoms with van der Waals surface area (Å²) in [5.41, 5.74) is 3.92. The third kappa shape index (κ3) is 5.15. The fourth-order valence-electron chi connectivity index (χ4n) is 3.75. The van der Waals surface area contributed by atoms with Crippen molar-refractivity contribution in [2.24, 2.45) is 0 Å². The minimum atomic E-state index is -0.0766. The van der Waals surface area contributed by atoms with E-state index in [1.807, 2.05) is 109 Å². The van der Waals surface area contributed by atoms with Gasteiger partial charge in [0.15, 0.2) is 17.3 Å². The highest BCUT2D eigenvalue weighted by molar-refractivity contribution is 7.20. The van der Waals surface area contributed by atoms with Crippen LogP contribution in [0.2, 0.25) is 0 Å². The van der Waals surface area contributed by atoms with Crippen LogP contribution >= 0.6 is 11.3 Å². The van der Waals surface area contributed by atoms with Crippen molar-refractivity contribution in [2.75, 3.05) is 7.11 Å². The first kappa shape index (κ1) is 22.6. The fraction of sp³-hybridized carbons (Fsp3) is 0.0667. The number of fused-ring (bicyclic) bond motifs is 1. The summed E-state index contributed by atoms with van der Waals surface area (Å²) in [6.45, 7) is 0.415. The molecular formula is C30H23NO3S. The van der Waals surface area contributed by atoms with Gasteiger partial charge in [0, 0.05) is 5.56 Å². The highest BCUT2D eigenvalue weighted by Gasteiger charge is 2.19. The van der Waals surface area contributed by atoms with Crippen LogP contribution in [-0.4, -0.2) is 17.9 Å². The molecule has 0 aliphatic heterocycles. The maximum Gasteiger partial charge on any atom is 0.196 e. The van der Waals surface area contributed by atoms with E-state index >= 15 is 0 Å². The van der Waals surface area contributed by atoms with Crippen LogP contribution in [0.1, 0.15) is 26.5 Å². The van der Waals surface area contributed by atoms with Crippen molar-refractivity contribution < 1.29 is 14.3 Å². The summed E-state index contributed by atoms with van der Waals surface area (Å²) in [7, 11) is 1.62. The van der Waals surface area contributed by atoms with E-state index in [2.05, 4.69) is 0 Å². The smallest absolute Gasteiger partial charge is 0.196 e. The number of benzene rings is 4. The number of carbonyl (C=O) groups excluding carboxylic acids is 1. The van der Waals surface area contributed by atoms with E-state index in [1.54, 1.807) is 7.11 Å². The SMILES string of the molecule is COc1ccc(C=C(C(=O)c2ccccc2)c2nc3ccccc3s2)cc1OCc1ccccc1. The maximum atomic E-state index is 13.6. The van der Waals surface area contributed by atoms with Crippen LogP contribution in [0, 0.1) is 0 Å². The molecule has 0 radical (unpaired) electrons. The van der Waals surface area contributed by atoms with Gasteiger partial charge in [-0.15, -0.1) is 11.3 Å². The maximum absolute atomic E-state index is 13.6. The Morgan fingerprint density at radius 1 is 0.857 bits per heavy atom. The zero-order chi connectivity index (χ0) is 24.0. The third-order valence-corrected chi connectivity index (χ3v) is 6.61. The van der Waals surface area contributed by atoms with Gasteiger partial charge in [0.25, 0.3) is 0 Å². The van der Waals surface area contributed by atoms with E-state index < -0.39 is 0 Å². The molecule has 0 saturated heterocycles. The van der Waals surface area contributed by atoms with Crippen LogP contribution in [0.15, 0.2) is 103 Å². The lowest BCUT2D eigenvalue weighted by Crippen LogP contribution is -2.03. The van der Waals surface area contributed by atoms with Crippen molar-refractivity contribution in [1.29, 1.82) is 0 Å². The van der Waals surface area contributed by atoms with Crippen molar-refractivity contribution in [3.8, 4) is 11.5 Å². The number of methoxy groups -OCH3 is 1. The van der Waals surface area contributed by atoms with Gasteiger partial charge in [0.1, 0.15) is 11.6 Å². The molecular weight excluding hydrogens is 454 g/mol. The number of rotatable bonds is 8. The molecule has 1 heterocycles. The highest BCUT2D eigenvalue weighted by atomic mass is 32.1. The topological polar surface area (TPSA) is 48.4 Å². The normalized spacial score (nSPS) is 11.4. The van der Waals surface area contributed by atoms with Gasteiger partial charge in [-0.05, 0) is 41.5 Å². The first-order valence-electron chi connectivity index (χ1n) is 11.2. The van der Waals surface area contributed by atoms with Gasteiger partial charge in [-0.2, -0.15) is 0 Å². The molecule has 0 bridgehead atoms. The van der Waals surface area contributed by atoms with Crippen molar-refractivity contribution in [1.82, 2.24) is 4.98 Å². The van der Waals surface area contributed by atoms with E-state index in [4.69, 9.17) is 14.5 Å². The largest absolute Gasteiger partial charge is 0.493 e. The van der Waals surface area contributed by atoms with Gasteiger partial charge in [0.2, 0.25) is 0 Å². The second-order valence-electron chi connectivity index (χ2n) is 7.92. The Kier molecular flexibility index (Phi) is 6.68. The number of aromatic nitrogens is 1. The Morgan fingerprint density at radius 3 is 2.31 bits per heavy atom. The summed E-state index contributed by atoms with van der Waals surface area (Å²) in [4.78, 5) is 18.3. The number of hydrogen-bond acceptors (Lipinski definition) is 5. The van der Waals surface area contributed by atoms with Gasteiger partial charge in [-0.25, -0.2) is 4.98 Å². The van der Waals surface area contributed by atoms with Crippen LogP contribution < -0.4 is 9.47 Å². The lowest BCUT2D eigenvalue weighted by molar-refractivity contribution is 0.105. The Morgan fingerprint density at radius 2 is 1.57 bits per heavy atom. The van der Waals surface area contributed by atoms with Crippen LogP contribution in [0.3, 0.4) is 0 Å². The van der Waals surface area contributed by atoms with E-state index in [-0.39, 0.29) is 5.78 Å². The second kappa shape index (κ2) is 10.4. The van der Waals surface area contributed by atoms with E-state index in [9.17, 15) is 4.79 Å².